The van der Waals surface area contributed by atoms with Crippen LogP contribution in [-0.4, -0.2) is 14.3 Å². The maximum absolute atomic E-state index is 13.0. The first kappa shape index (κ1) is 19.7. The third-order valence-electron chi connectivity index (χ3n) is 3.68. The van der Waals surface area contributed by atoms with Gasteiger partial charge in [-0.15, -0.1) is 0 Å². The summed E-state index contributed by atoms with van der Waals surface area (Å²) in [6.45, 7) is 0. The standard InChI is InChI=1S/C19H15ClFN3O3S/c20-13-4-3-5-15(12-13)22-23-19(25)17-6-1-2-7-18(17)24-28(26,27)16-10-8-14(21)9-11-16/h1-12,22,24H,(H,23,25). The molecule has 0 aliphatic heterocycles. The van der Waals surface area contributed by atoms with Gasteiger partial charge in [0, 0.05) is 5.02 Å². The predicted octanol–water partition coefficient (Wildman–Crippen LogP) is 4.04. The van der Waals surface area contributed by atoms with E-state index in [4.69, 9.17) is 11.6 Å². The minimum atomic E-state index is -3.99. The molecule has 0 fully saturated rings. The van der Waals surface area contributed by atoms with Gasteiger partial charge in [0.2, 0.25) is 0 Å². The first-order chi connectivity index (χ1) is 13.3. The van der Waals surface area contributed by atoms with Crippen molar-refractivity contribution in [2.24, 2.45) is 0 Å². The van der Waals surface area contributed by atoms with Gasteiger partial charge >= 0.3 is 0 Å². The molecule has 0 saturated heterocycles. The van der Waals surface area contributed by atoms with Gasteiger partial charge in [-0.25, -0.2) is 12.8 Å². The molecular formula is C19H15ClFN3O3S. The minimum absolute atomic E-state index is 0.0808. The number of nitrogens with one attached hydrogen (secondary N) is 3. The maximum atomic E-state index is 13.0. The van der Waals surface area contributed by atoms with E-state index in [9.17, 15) is 17.6 Å². The predicted molar refractivity (Wildman–Crippen MR) is 106 cm³/mol. The molecule has 6 nitrogen and oxygen atoms in total. The Bertz CT molecular complexity index is 1110. The highest BCUT2D eigenvalue weighted by atomic mass is 35.5. The summed E-state index contributed by atoms with van der Waals surface area (Å²) in [7, 11) is -3.99. The van der Waals surface area contributed by atoms with Crippen LogP contribution in [0, 0.1) is 5.82 Å². The highest BCUT2D eigenvalue weighted by Crippen LogP contribution is 2.21. The van der Waals surface area contributed by atoms with E-state index in [1.54, 1.807) is 36.4 Å². The number of hydrogen-bond donors (Lipinski definition) is 3. The molecule has 0 atom stereocenters. The van der Waals surface area contributed by atoms with Gasteiger partial charge in [-0.2, -0.15) is 0 Å². The van der Waals surface area contributed by atoms with Gasteiger partial charge in [0.1, 0.15) is 5.82 Å². The van der Waals surface area contributed by atoms with Gasteiger partial charge in [-0.05, 0) is 54.6 Å². The Hall–Kier alpha value is -3.10. The zero-order valence-corrected chi connectivity index (χ0v) is 15.9. The highest BCUT2D eigenvalue weighted by molar-refractivity contribution is 7.92. The first-order valence-electron chi connectivity index (χ1n) is 8.04. The van der Waals surface area contributed by atoms with Gasteiger partial charge in [-0.3, -0.25) is 20.4 Å². The molecule has 0 aliphatic carbocycles. The number of para-hydroxylation sites is 1. The van der Waals surface area contributed by atoms with Gasteiger partial charge in [0.15, 0.2) is 0 Å². The van der Waals surface area contributed by atoms with E-state index in [0.717, 1.165) is 24.3 Å². The Kier molecular flexibility index (Phi) is 5.81. The molecular weight excluding hydrogens is 405 g/mol. The fraction of sp³-hybridized carbons (Fsp3) is 0. The topological polar surface area (TPSA) is 87.3 Å². The van der Waals surface area contributed by atoms with Crippen molar-refractivity contribution in [3.63, 3.8) is 0 Å². The van der Waals surface area contributed by atoms with Crippen molar-refractivity contribution >= 4 is 38.9 Å². The molecule has 3 N–H and O–H groups in total. The zero-order chi connectivity index (χ0) is 20.1. The number of sulfonamides is 1. The van der Waals surface area contributed by atoms with Crippen molar-refractivity contribution in [2.45, 2.75) is 4.90 Å². The van der Waals surface area contributed by atoms with E-state index in [0.29, 0.717) is 10.7 Å². The van der Waals surface area contributed by atoms with Crippen LogP contribution < -0.4 is 15.6 Å². The molecule has 0 unspecified atom stereocenters. The maximum Gasteiger partial charge on any atom is 0.271 e. The first-order valence-corrected chi connectivity index (χ1v) is 9.90. The van der Waals surface area contributed by atoms with Crippen LogP contribution in [0.4, 0.5) is 15.8 Å². The summed E-state index contributed by atoms with van der Waals surface area (Å²) in [5, 5.41) is 0.492. The quantitative estimate of drug-likeness (QED) is 0.526. The number of rotatable bonds is 6. The molecule has 0 spiro atoms. The molecule has 0 radical (unpaired) electrons. The largest absolute Gasteiger partial charge is 0.298 e. The summed E-state index contributed by atoms with van der Waals surface area (Å²) in [6.07, 6.45) is 0. The van der Waals surface area contributed by atoms with E-state index >= 15 is 0 Å². The van der Waals surface area contributed by atoms with Crippen LogP contribution in [0.2, 0.25) is 5.02 Å². The Morgan fingerprint density at radius 2 is 1.64 bits per heavy atom. The molecule has 0 aromatic heterocycles. The summed E-state index contributed by atoms with van der Waals surface area (Å²) < 4.78 is 40.4. The number of hydrogen-bond acceptors (Lipinski definition) is 4. The molecule has 3 aromatic rings. The van der Waals surface area contributed by atoms with E-state index < -0.39 is 21.7 Å². The lowest BCUT2D eigenvalue weighted by atomic mass is 10.2. The molecule has 3 rings (SSSR count). The van der Waals surface area contributed by atoms with Crippen LogP contribution in [0.25, 0.3) is 0 Å². The number of carbonyl (C=O) groups excluding carboxylic acids is 1. The van der Waals surface area contributed by atoms with Gasteiger partial charge in [0.05, 0.1) is 21.8 Å². The Labute approximate surface area is 166 Å². The van der Waals surface area contributed by atoms with Crippen LogP contribution in [0.1, 0.15) is 10.4 Å². The SMILES string of the molecule is O=C(NNc1cccc(Cl)c1)c1ccccc1NS(=O)(=O)c1ccc(F)cc1. The summed E-state index contributed by atoms with van der Waals surface area (Å²) in [6, 6.07) is 17.2. The summed E-state index contributed by atoms with van der Waals surface area (Å²) in [5.41, 5.74) is 5.93. The van der Waals surface area contributed by atoms with E-state index in [1.807, 2.05) is 0 Å². The molecule has 0 aliphatic rings. The number of carbonyl (C=O) groups is 1. The molecule has 3 aromatic carbocycles. The number of anilines is 2. The van der Waals surface area contributed by atoms with Crippen LogP contribution in [0.15, 0.2) is 77.7 Å². The van der Waals surface area contributed by atoms with Crippen LogP contribution >= 0.6 is 11.6 Å². The second kappa shape index (κ2) is 8.28. The monoisotopic (exact) mass is 419 g/mol. The van der Waals surface area contributed by atoms with Gasteiger partial charge in [-0.1, -0.05) is 29.8 Å². The molecule has 1 amide bonds. The van der Waals surface area contributed by atoms with Crippen LogP contribution in [0.5, 0.6) is 0 Å². The Morgan fingerprint density at radius 3 is 2.36 bits per heavy atom. The van der Waals surface area contributed by atoms with E-state index in [-0.39, 0.29) is 16.1 Å². The molecule has 9 heteroatoms. The number of halogens is 2. The summed E-state index contributed by atoms with van der Waals surface area (Å²) in [4.78, 5) is 12.4. The normalized spacial score (nSPS) is 10.9. The second-order valence-electron chi connectivity index (χ2n) is 5.69. The molecule has 0 saturated carbocycles. The summed E-state index contributed by atoms with van der Waals surface area (Å²) >= 11 is 5.89. The molecule has 0 bridgehead atoms. The zero-order valence-electron chi connectivity index (χ0n) is 14.3. The van der Waals surface area contributed by atoms with Gasteiger partial charge < -0.3 is 0 Å². The fourth-order valence-electron chi connectivity index (χ4n) is 2.35. The lowest BCUT2D eigenvalue weighted by Crippen LogP contribution is -2.30. The van der Waals surface area contributed by atoms with E-state index in [2.05, 4.69) is 15.6 Å². The second-order valence-corrected chi connectivity index (χ2v) is 7.81. The molecule has 144 valence electrons. The lowest BCUT2D eigenvalue weighted by Gasteiger charge is -2.14. The minimum Gasteiger partial charge on any atom is -0.298 e. The Balaban J connectivity index is 1.78. The number of hydrazine groups is 1. The van der Waals surface area contributed by atoms with Gasteiger partial charge in [0.25, 0.3) is 15.9 Å². The molecule has 0 heterocycles. The average molecular weight is 420 g/mol. The fourth-order valence-corrected chi connectivity index (χ4v) is 3.62. The lowest BCUT2D eigenvalue weighted by molar-refractivity contribution is 0.0963. The number of amides is 1. The van der Waals surface area contributed by atoms with Crippen LogP contribution in [0.3, 0.4) is 0 Å². The molecule has 28 heavy (non-hydrogen) atoms. The van der Waals surface area contributed by atoms with Crippen LogP contribution in [-0.2, 0) is 10.0 Å². The van der Waals surface area contributed by atoms with Crippen molar-refractivity contribution in [3.05, 3.63) is 89.2 Å². The van der Waals surface area contributed by atoms with Crippen molar-refractivity contribution in [1.29, 1.82) is 0 Å². The third-order valence-corrected chi connectivity index (χ3v) is 5.30. The van der Waals surface area contributed by atoms with Crippen molar-refractivity contribution < 1.29 is 17.6 Å². The summed E-state index contributed by atoms with van der Waals surface area (Å²) in [5.74, 6) is -1.11. The van der Waals surface area contributed by atoms with Crippen molar-refractivity contribution in [1.82, 2.24) is 5.43 Å². The average Bonchev–Trinajstić information content (AvgIpc) is 2.67. The smallest absolute Gasteiger partial charge is 0.271 e. The van der Waals surface area contributed by atoms with Crippen molar-refractivity contribution in [2.75, 3.05) is 10.1 Å². The van der Waals surface area contributed by atoms with Crippen molar-refractivity contribution in [3.8, 4) is 0 Å². The number of benzene rings is 3. The highest BCUT2D eigenvalue weighted by Gasteiger charge is 2.18. The Morgan fingerprint density at radius 1 is 0.929 bits per heavy atom. The van der Waals surface area contributed by atoms with E-state index in [1.165, 1.54) is 12.1 Å². The third kappa shape index (κ3) is 4.79.